The number of ether oxygens (including phenoxy) is 1. The zero-order valence-corrected chi connectivity index (χ0v) is 13.7. The van der Waals surface area contributed by atoms with Crippen LogP contribution in [-0.2, 0) is 9.53 Å². The number of hydrogen-bond acceptors (Lipinski definition) is 6. The van der Waals surface area contributed by atoms with Crippen LogP contribution in [0.25, 0.3) is 0 Å². The number of esters is 1. The molecule has 0 spiro atoms. The lowest BCUT2D eigenvalue weighted by molar-refractivity contribution is -0.123. The van der Waals surface area contributed by atoms with Gasteiger partial charge in [0.15, 0.2) is 6.10 Å². The van der Waals surface area contributed by atoms with Gasteiger partial charge in [0.2, 0.25) is 0 Å². The fourth-order valence-corrected chi connectivity index (χ4v) is 2.70. The summed E-state index contributed by atoms with van der Waals surface area (Å²) >= 11 is 1.23. The van der Waals surface area contributed by atoms with Crippen molar-refractivity contribution >= 4 is 28.9 Å². The standard InChI is InChI=1S/C16H15N3O3S/c1-9-14(23-11(3)18-9)16(21)22-10(2)15(20)19-13-6-4-5-12(7-13)8-17/h4-7,10H,1-3H3,(H,19,20)/t10-/m1/s1. The first-order chi connectivity index (χ1) is 10.9. The van der Waals surface area contributed by atoms with Crippen LogP contribution in [0.4, 0.5) is 5.69 Å². The molecule has 0 saturated heterocycles. The quantitative estimate of drug-likeness (QED) is 0.871. The summed E-state index contributed by atoms with van der Waals surface area (Å²) < 4.78 is 5.18. The molecule has 6 nitrogen and oxygen atoms in total. The first-order valence-corrected chi connectivity index (χ1v) is 7.68. The van der Waals surface area contributed by atoms with E-state index in [-0.39, 0.29) is 0 Å². The maximum Gasteiger partial charge on any atom is 0.351 e. The van der Waals surface area contributed by atoms with Gasteiger partial charge in [0, 0.05) is 5.69 Å². The number of carbonyl (C=O) groups is 2. The van der Waals surface area contributed by atoms with E-state index in [1.165, 1.54) is 18.3 Å². The summed E-state index contributed by atoms with van der Waals surface area (Å²) in [5.74, 6) is -1.03. The number of anilines is 1. The molecule has 0 aliphatic rings. The second-order valence-electron chi connectivity index (χ2n) is 4.88. The molecule has 1 aromatic heterocycles. The molecule has 0 radical (unpaired) electrons. The van der Waals surface area contributed by atoms with E-state index >= 15 is 0 Å². The Labute approximate surface area is 137 Å². The third kappa shape index (κ3) is 4.14. The highest BCUT2D eigenvalue weighted by atomic mass is 32.1. The van der Waals surface area contributed by atoms with Crippen molar-refractivity contribution in [2.75, 3.05) is 5.32 Å². The second kappa shape index (κ2) is 7.03. The Kier molecular flexibility index (Phi) is 5.09. The van der Waals surface area contributed by atoms with Gasteiger partial charge in [0.25, 0.3) is 5.91 Å². The third-order valence-corrected chi connectivity index (χ3v) is 4.05. The molecule has 2 aromatic rings. The average Bonchev–Trinajstić information content (AvgIpc) is 2.86. The van der Waals surface area contributed by atoms with E-state index in [0.717, 1.165) is 5.01 Å². The molecule has 1 atom stereocenters. The van der Waals surface area contributed by atoms with E-state index in [1.54, 1.807) is 38.1 Å². The van der Waals surface area contributed by atoms with Gasteiger partial charge in [-0.05, 0) is 39.0 Å². The Bertz CT molecular complexity index is 792. The molecule has 0 saturated carbocycles. The molecule has 0 bridgehead atoms. The Morgan fingerprint density at radius 1 is 1.39 bits per heavy atom. The summed E-state index contributed by atoms with van der Waals surface area (Å²) in [6.45, 7) is 5.01. The van der Waals surface area contributed by atoms with E-state index in [4.69, 9.17) is 10.00 Å². The number of thiazole rings is 1. The number of rotatable bonds is 4. The number of nitrogens with one attached hydrogen (secondary N) is 1. The summed E-state index contributed by atoms with van der Waals surface area (Å²) in [6.07, 6.45) is -0.963. The zero-order valence-electron chi connectivity index (χ0n) is 12.9. The van der Waals surface area contributed by atoms with Gasteiger partial charge in [-0.25, -0.2) is 9.78 Å². The van der Waals surface area contributed by atoms with Crippen LogP contribution >= 0.6 is 11.3 Å². The lowest BCUT2D eigenvalue weighted by atomic mass is 10.2. The molecule has 23 heavy (non-hydrogen) atoms. The summed E-state index contributed by atoms with van der Waals surface area (Å²) in [6, 6.07) is 8.49. The third-order valence-electron chi connectivity index (χ3n) is 3.00. The lowest BCUT2D eigenvalue weighted by Gasteiger charge is -2.13. The minimum absolute atomic E-state index is 0.397. The van der Waals surface area contributed by atoms with Gasteiger partial charge in [-0.1, -0.05) is 6.07 Å². The number of benzene rings is 1. The van der Waals surface area contributed by atoms with Gasteiger partial charge in [0.05, 0.1) is 22.3 Å². The van der Waals surface area contributed by atoms with E-state index in [9.17, 15) is 9.59 Å². The van der Waals surface area contributed by atoms with Crippen LogP contribution in [0.5, 0.6) is 0 Å². The average molecular weight is 329 g/mol. The summed E-state index contributed by atoms with van der Waals surface area (Å²) in [5.41, 5.74) is 1.50. The van der Waals surface area contributed by atoms with Gasteiger partial charge in [-0.15, -0.1) is 11.3 Å². The predicted molar refractivity (Wildman–Crippen MR) is 86.3 cm³/mol. The molecule has 2 rings (SSSR count). The van der Waals surface area contributed by atoms with Crippen molar-refractivity contribution in [1.82, 2.24) is 4.98 Å². The molecule has 1 amide bonds. The number of hydrogen-bond donors (Lipinski definition) is 1. The van der Waals surface area contributed by atoms with Crippen LogP contribution in [-0.4, -0.2) is 23.0 Å². The van der Waals surface area contributed by atoms with Crippen molar-refractivity contribution in [3.8, 4) is 6.07 Å². The van der Waals surface area contributed by atoms with Gasteiger partial charge in [-0.2, -0.15) is 5.26 Å². The Morgan fingerprint density at radius 3 is 2.74 bits per heavy atom. The molecule has 7 heteroatoms. The Balaban J connectivity index is 2.01. The topological polar surface area (TPSA) is 92.1 Å². The second-order valence-corrected chi connectivity index (χ2v) is 6.08. The van der Waals surface area contributed by atoms with Crippen LogP contribution in [0.2, 0.25) is 0 Å². The predicted octanol–water partition coefficient (Wildman–Crippen LogP) is 2.82. The molecule has 1 heterocycles. The van der Waals surface area contributed by atoms with Crippen molar-refractivity contribution in [3.05, 3.63) is 45.4 Å². The minimum atomic E-state index is -0.963. The Hall–Kier alpha value is -2.72. The number of nitriles is 1. The highest BCUT2D eigenvalue weighted by molar-refractivity contribution is 7.13. The molecule has 118 valence electrons. The number of aromatic nitrogens is 1. The van der Waals surface area contributed by atoms with E-state index in [0.29, 0.717) is 21.8 Å². The highest BCUT2D eigenvalue weighted by Gasteiger charge is 2.22. The summed E-state index contributed by atoms with van der Waals surface area (Å²) in [4.78, 5) is 28.7. The molecule has 0 unspecified atom stereocenters. The van der Waals surface area contributed by atoms with Crippen LogP contribution in [0.1, 0.15) is 32.9 Å². The first-order valence-electron chi connectivity index (χ1n) is 6.86. The van der Waals surface area contributed by atoms with Crippen molar-refractivity contribution in [2.24, 2.45) is 0 Å². The summed E-state index contributed by atoms with van der Waals surface area (Å²) in [7, 11) is 0. The normalized spacial score (nSPS) is 11.4. The van der Waals surface area contributed by atoms with E-state index < -0.39 is 18.0 Å². The molecule has 1 N–H and O–H groups in total. The van der Waals surface area contributed by atoms with Gasteiger partial charge >= 0.3 is 5.97 Å². The maximum atomic E-state index is 12.1. The van der Waals surface area contributed by atoms with Gasteiger partial charge < -0.3 is 10.1 Å². The van der Waals surface area contributed by atoms with Crippen LogP contribution in [0, 0.1) is 25.2 Å². The number of amides is 1. The lowest BCUT2D eigenvalue weighted by Crippen LogP contribution is -2.30. The van der Waals surface area contributed by atoms with Crippen LogP contribution in [0.3, 0.4) is 0 Å². The van der Waals surface area contributed by atoms with Crippen molar-refractivity contribution in [2.45, 2.75) is 26.9 Å². The Morgan fingerprint density at radius 2 is 2.13 bits per heavy atom. The van der Waals surface area contributed by atoms with E-state index in [2.05, 4.69) is 10.3 Å². The molecule has 0 fully saturated rings. The molecule has 0 aliphatic carbocycles. The fourth-order valence-electron chi connectivity index (χ4n) is 1.90. The minimum Gasteiger partial charge on any atom is -0.448 e. The first kappa shape index (κ1) is 16.6. The number of carbonyl (C=O) groups excluding carboxylic acids is 2. The van der Waals surface area contributed by atoms with Crippen LogP contribution in [0.15, 0.2) is 24.3 Å². The molecular formula is C16H15N3O3S. The van der Waals surface area contributed by atoms with Crippen molar-refractivity contribution in [1.29, 1.82) is 5.26 Å². The molecule has 0 aliphatic heterocycles. The van der Waals surface area contributed by atoms with Crippen LogP contribution < -0.4 is 5.32 Å². The largest absolute Gasteiger partial charge is 0.448 e. The van der Waals surface area contributed by atoms with Gasteiger partial charge in [-0.3, -0.25) is 4.79 Å². The van der Waals surface area contributed by atoms with Crippen molar-refractivity contribution in [3.63, 3.8) is 0 Å². The number of aryl methyl sites for hydroxylation is 2. The smallest absolute Gasteiger partial charge is 0.351 e. The SMILES string of the molecule is Cc1nc(C)c(C(=O)O[C@H](C)C(=O)Nc2cccc(C#N)c2)s1. The zero-order chi connectivity index (χ0) is 17.0. The van der Waals surface area contributed by atoms with Gasteiger partial charge in [0.1, 0.15) is 4.88 Å². The maximum absolute atomic E-state index is 12.1. The highest BCUT2D eigenvalue weighted by Crippen LogP contribution is 2.19. The van der Waals surface area contributed by atoms with E-state index in [1.807, 2.05) is 6.07 Å². The molecular weight excluding hydrogens is 314 g/mol. The molecule has 1 aromatic carbocycles. The summed E-state index contributed by atoms with van der Waals surface area (Å²) in [5, 5.41) is 12.2. The number of nitrogens with zero attached hydrogens (tertiary/aromatic N) is 2. The monoisotopic (exact) mass is 329 g/mol. The fraction of sp³-hybridized carbons (Fsp3) is 0.250. The van der Waals surface area contributed by atoms with Crippen molar-refractivity contribution < 1.29 is 14.3 Å².